The molecule has 0 aromatic heterocycles. The third-order valence-electron chi connectivity index (χ3n) is 1.92. The number of thiol groups is 1. The predicted molar refractivity (Wildman–Crippen MR) is 60.3 cm³/mol. The van der Waals surface area contributed by atoms with E-state index in [0.29, 0.717) is 11.4 Å². The summed E-state index contributed by atoms with van der Waals surface area (Å²) in [5.74, 6) is 0. The number of hydrogen-bond acceptors (Lipinski definition) is 4. The summed E-state index contributed by atoms with van der Waals surface area (Å²) in [5, 5.41) is -0.0383. The van der Waals surface area contributed by atoms with Crippen molar-refractivity contribution in [3.8, 4) is 0 Å². The van der Waals surface area contributed by atoms with Crippen LogP contribution in [0.25, 0.3) is 0 Å². The highest BCUT2D eigenvalue weighted by Gasteiger charge is 2.08. The van der Waals surface area contributed by atoms with Gasteiger partial charge in [-0.2, -0.15) is 12.6 Å². The minimum absolute atomic E-state index is 0.0383. The maximum absolute atomic E-state index is 11.1. The molecule has 0 bridgehead atoms. The SMILES string of the molecule is CS(=O)(=O)c1ccc(C(S)CN)cc1. The lowest BCUT2D eigenvalue weighted by atomic mass is 10.1. The number of sulfone groups is 1. The van der Waals surface area contributed by atoms with Crippen molar-refractivity contribution in [3.63, 3.8) is 0 Å². The molecule has 78 valence electrons. The van der Waals surface area contributed by atoms with E-state index in [-0.39, 0.29) is 5.25 Å². The highest BCUT2D eigenvalue weighted by molar-refractivity contribution is 7.90. The van der Waals surface area contributed by atoms with Gasteiger partial charge in [-0.1, -0.05) is 12.1 Å². The third-order valence-corrected chi connectivity index (χ3v) is 3.55. The van der Waals surface area contributed by atoms with Gasteiger partial charge in [0.1, 0.15) is 0 Å². The van der Waals surface area contributed by atoms with Crippen molar-refractivity contribution in [2.75, 3.05) is 12.8 Å². The van der Waals surface area contributed by atoms with E-state index >= 15 is 0 Å². The zero-order chi connectivity index (χ0) is 10.8. The summed E-state index contributed by atoms with van der Waals surface area (Å²) >= 11 is 4.25. The van der Waals surface area contributed by atoms with E-state index < -0.39 is 9.84 Å². The molecule has 5 heteroatoms. The molecule has 14 heavy (non-hydrogen) atoms. The van der Waals surface area contributed by atoms with Crippen LogP contribution in [0, 0.1) is 0 Å². The van der Waals surface area contributed by atoms with E-state index in [2.05, 4.69) is 12.6 Å². The van der Waals surface area contributed by atoms with Crippen LogP contribution in [-0.2, 0) is 9.84 Å². The number of hydrogen-bond donors (Lipinski definition) is 2. The minimum atomic E-state index is -3.11. The molecule has 0 aliphatic rings. The summed E-state index contributed by atoms with van der Waals surface area (Å²) in [6.45, 7) is 0.432. The van der Waals surface area contributed by atoms with Gasteiger partial charge in [-0.15, -0.1) is 0 Å². The topological polar surface area (TPSA) is 60.2 Å². The smallest absolute Gasteiger partial charge is 0.175 e. The Balaban J connectivity index is 3.01. The molecule has 3 nitrogen and oxygen atoms in total. The molecule has 0 spiro atoms. The summed E-state index contributed by atoms with van der Waals surface area (Å²) in [6, 6.07) is 6.62. The van der Waals surface area contributed by atoms with Crippen LogP contribution in [0.5, 0.6) is 0 Å². The summed E-state index contributed by atoms with van der Waals surface area (Å²) in [4.78, 5) is 0.318. The number of benzene rings is 1. The van der Waals surface area contributed by atoms with Crippen molar-refractivity contribution >= 4 is 22.5 Å². The molecule has 1 rings (SSSR count). The van der Waals surface area contributed by atoms with Crippen molar-refractivity contribution in [1.29, 1.82) is 0 Å². The van der Waals surface area contributed by atoms with E-state index in [0.717, 1.165) is 5.56 Å². The van der Waals surface area contributed by atoms with Crippen molar-refractivity contribution < 1.29 is 8.42 Å². The Morgan fingerprint density at radius 3 is 2.21 bits per heavy atom. The molecule has 1 aromatic rings. The second-order valence-corrected chi connectivity index (χ2v) is 5.73. The predicted octanol–water partition coefficient (Wildman–Crippen LogP) is 1.02. The van der Waals surface area contributed by atoms with E-state index in [9.17, 15) is 8.42 Å². The van der Waals surface area contributed by atoms with Crippen LogP contribution in [0.1, 0.15) is 10.8 Å². The summed E-state index contributed by atoms with van der Waals surface area (Å²) in [6.07, 6.45) is 1.18. The minimum Gasteiger partial charge on any atom is -0.329 e. The molecule has 2 N–H and O–H groups in total. The quantitative estimate of drug-likeness (QED) is 0.764. The van der Waals surface area contributed by atoms with Gasteiger partial charge < -0.3 is 5.73 Å². The molecule has 0 aliphatic carbocycles. The highest BCUT2D eigenvalue weighted by Crippen LogP contribution is 2.20. The fourth-order valence-electron chi connectivity index (χ4n) is 1.07. The standard InChI is InChI=1S/C9H13NO2S2/c1-14(11,12)8-4-2-7(3-5-8)9(13)6-10/h2-5,9,13H,6,10H2,1H3. The maximum atomic E-state index is 11.1. The van der Waals surface area contributed by atoms with Gasteiger partial charge in [0.05, 0.1) is 4.90 Å². The normalized spacial score (nSPS) is 13.9. The first-order valence-electron chi connectivity index (χ1n) is 4.13. The first kappa shape index (κ1) is 11.6. The average molecular weight is 231 g/mol. The van der Waals surface area contributed by atoms with Gasteiger partial charge in [0, 0.05) is 18.1 Å². The monoisotopic (exact) mass is 231 g/mol. The van der Waals surface area contributed by atoms with Crippen LogP contribution in [0.4, 0.5) is 0 Å². The molecule has 1 aromatic carbocycles. The summed E-state index contributed by atoms with van der Waals surface area (Å²) in [7, 11) is -3.11. The Bertz CT molecular complexity index is 397. The summed E-state index contributed by atoms with van der Waals surface area (Å²) in [5.41, 5.74) is 6.37. The van der Waals surface area contributed by atoms with Crippen molar-refractivity contribution in [2.45, 2.75) is 10.1 Å². The van der Waals surface area contributed by atoms with Gasteiger partial charge in [0.2, 0.25) is 0 Å². The van der Waals surface area contributed by atoms with Gasteiger partial charge in [0.15, 0.2) is 9.84 Å². The Morgan fingerprint density at radius 2 is 1.86 bits per heavy atom. The molecule has 0 amide bonds. The van der Waals surface area contributed by atoms with Gasteiger partial charge >= 0.3 is 0 Å². The van der Waals surface area contributed by atoms with Crippen LogP contribution < -0.4 is 5.73 Å². The zero-order valence-corrected chi connectivity index (χ0v) is 9.55. The van der Waals surface area contributed by atoms with Gasteiger partial charge in [-0.25, -0.2) is 8.42 Å². The van der Waals surface area contributed by atoms with Gasteiger partial charge in [-0.05, 0) is 17.7 Å². The van der Waals surface area contributed by atoms with Crippen LogP contribution >= 0.6 is 12.6 Å². The molecule has 0 aliphatic heterocycles. The van der Waals surface area contributed by atoms with Crippen LogP contribution in [-0.4, -0.2) is 21.2 Å². The molecule has 1 atom stereocenters. The number of rotatable bonds is 3. The Labute approximate surface area is 89.6 Å². The maximum Gasteiger partial charge on any atom is 0.175 e. The first-order chi connectivity index (χ1) is 6.45. The van der Waals surface area contributed by atoms with Crippen molar-refractivity contribution in [1.82, 2.24) is 0 Å². The molecule has 0 saturated heterocycles. The summed E-state index contributed by atoms with van der Waals surface area (Å²) < 4.78 is 22.3. The van der Waals surface area contributed by atoms with Crippen molar-refractivity contribution in [3.05, 3.63) is 29.8 Å². The highest BCUT2D eigenvalue weighted by atomic mass is 32.2. The van der Waals surface area contributed by atoms with E-state index in [4.69, 9.17) is 5.73 Å². The molecular weight excluding hydrogens is 218 g/mol. The molecule has 1 unspecified atom stereocenters. The van der Waals surface area contributed by atoms with Crippen molar-refractivity contribution in [2.24, 2.45) is 5.73 Å². The van der Waals surface area contributed by atoms with E-state index in [1.807, 2.05) is 0 Å². The van der Waals surface area contributed by atoms with Gasteiger partial charge in [-0.3, -0.25) is 0 Å². The largest absolute Gasteiger partial charge is 0.329 e. The van der Waals surface area contributed by atoms with Gasteiger partial charge in [0.25, 0.3) is 0 Å². The van der Waals surface area contributed by atoms with Crippen LogP contribution in [0.2, 0.25) is 0 Å². The Morgan fingerprint density at radius 1 is 1.36 bits per heavy atom. The molecule has 0 heterocycles. The second-order valence-electron chi connectivity index (χ2n) is 3.09. The molecular formula is C9H13NO2S2. The lowest BCUT2D eigenvalue weighted by Gasteiger charge is -2.08. The van der Waals surface area contributed by atoms with Crippen LogP contribution in [0.15, 0.2) is 29.2 Å². The van der Waals surface area contributed by atoms with E-state index in [1.54, 1.807) is 24.3 Å². The zero-order valence-electron chi connectivity index (χ0n) is 7.84. The third kappa shape index (κ3) is 2.73. The Hall–Kier alpha value is -0.520. The van der Waals surface area contributed by atoms with E-state index in [1.165, 1.54) is 6.26 Å². The van der Waals surface area contributed by atoms with Crippen LogP contribution in [0.3, 0.4) is 0 Å². The second kappa shape index (κ2) is 4.33. The fraction of sp³-hybridized carbons (Fsp3) is 0.333. The lowest BCUT2D eigenvalue weighted by Crippen LogP contribution is -2.07. The molecule has 0 fully saturated rings. The first-order valence-corrected chi connectivity index (χ1v) is 6.54. The molecule has 0 saturated carbocycles. The lowest BCUT2D eigenvalue weighted by molar-refractivity contribution is 0.602. The number of nitrogens with two attached hydrogens (primary N) is 1. The molecule has 0 radical (unpaired) electrons. The average Bonchev–Trinajstić information content (AvgIpc) is 2.15. The Kier molecular flexibility index (Phi) is 3.58. The fourth-order valence-corrected chi connectivity index (χ4v) is 1.88.